The summed E-state index contributed by atoms with van der Waals surface area (Å²) in [5.74, 6) is 0.726. The van der Waals surface area contributed by atoms with Gasteiger partial charge in [0.25, 0.3) is 0 Å². The standard InChI is InChI=1S/C11H15ClO/c1-11-4-2-3-9(11)5-10(12)8(6-11)7-13/h7,9H,2-6H2,1H3/t9-,11+/m0/s1. The fourth-order valence-electron chi connectivity index (χ4n) is 2.87. The molecular formula is C11H15ClO. The van der Waals surface area contributed by atoms with Gasteiger partial charge in [-0.2, -0.15) is 0 Å². The third-order valence-electron chi connectivity index (χ3n) is 3.80. The Bertz CT molecular complexity index is 269. The van der Waals surface area contributed by atoms with Crippen LogP contribution in [0, 0.1) is 11.3 Å². The van der Waals surface area contributed by atoms with Gasteiger partial charge in [-0.25, -0.2) is 0 Å². The molecule has 0 saturated heterocycles. The highest BCUT2D eigenvalue weighted by molar-refractivity contribution is 6.31. The molecule has 2 aliphatic carbocycles. The highest BCUT2D eigenvalue weighted by Crippen LogP contribution is 2.53. The number of carbonyl (C=O) groups excluding carboxylic acids is 1. The maximum absolute atomic E-state index is 10.8. The van der Waals surface area contributed by atoms with Crippen molar-refractivity contribution in [3.63, 3.8) is 0 Å². The molecule has 2 atom stereocenters. The number of carbonyl (C=O) groups is 1. The SMILES string of the molecule is C[C@]12CCC[C@H]1CC(Cl)=C(C=O)C2. The van der Waals surface area contributed by atoms with Crippen molar-refractivity contribution >= 4 is 17.9 Å². The topological polar surface area (TPSA) is 17.1 Å². The molecule has 13 heavy (non-hydrogen) atoms. The number of hydrogen-bond acceptors (Lipinski definition) is 1. The van der Waals surface area contributed by atoms with E-state index in [1.807, 2.05) is 0 Å². The van der Waals surface area contributed by atoms with Crippen molar-refractivity contribution in [1.82, 2.24) is 0 Å². The van der Waals surface area contributed by atoms with Crippen molar-refractivity contribution < 1.29 is 4.79 Å². The second-order valence-electron chi connectivity index (χ2n) is 4.67. The lowest BCUT2D eigenvalue weighted by molar-refractivity contribution is -0.105. The molecule has 0 N–H and O–H groups in total. The van der Waals surface area contributed by atoms with Crippen molar-refractivity contribution in [2.75, 3.05) is 0 Å². The van der Waals surface area contributed by atoms with Crippen molar-refractivity contribution in [2.45, 2.75) is 39.0 Å². The van der Waals surface area contributed by atoms with Gasteiger partial charge in [0.15, 0.2) is 0 Å². The van der Waals surface area contributed by atoms with Crippen molar-refractivity contribution in [2.24, 2.45) is 11.3 Å². The molecule has 72 valence electrons. The van der Waals surface area contributed by atoms with Crippen LogP contribution < -0.4 is 0 Å². The Balaban J connectivity index is 2.28. The molecule has 1 fully saturated rings. The molecule has 0 bridgehead atoms. The lowest BCUT2D eigenvalue weighted by Gasteiger charge is -2.36. The van der Waals surface area contributed by atoms with Gasteiger partial charge in [0.2, 0.25) is 0 Å². The van der Waals surface area contributed by atoms with Crippen LogP contribution in [0.4, 0.5) is 0 Å². The monoisotopic (exact) mass is 198 g/mol. The number of fused-ring (bicyclic) bond motifs is 1. The minimum Gasteiger partial charge on any atom is -0.298 e. The Morgan fingerprint density at radius 3 is 3.08 bits per heavy atom. The Hall–Kier alpha value is -0.300. The van der Waals surface area contributed by atoms with Crippen molar-refractivity contribution in [1.29, 1.82) is 0 Å². The minimum absolute atomic E-state index is 0.370. The second kappa shape index (κ2) is 3.13. The summed E-state index contributed by atoms with van der Waals surface area (Å²) in [5.41, 5.74) is 1.22. The lowest BCUT2D eigenvalue weighted by Crippen LogP contribution is -2.27. The number of aldehydes is 1. The molecule has 2 rings (SSSR count). The predicted octanol–water partition coefficient (Wildman–Crippen LogP) is 3.28. The van der Waals surface area contributed by atoms with E-state index in [4.69, 9.17) is 11.6 Å². The Kier molecular flexibility index (Phi) is 2.23. The number of halogens is 1. The Morgan fingerprint density at radius 2 is 2.38 bits per heavy atom. The Labute approximate surface area is 84.2 Å². The summed E-state index contributed by atoms with van der Waals surface area (Å²) in [7, 11) is 0. The lowest BCUT2D eigenvalue weighted by atomic mass is 9.70. The van der Waals surface area contributed by atoms with Gasteiger partial charge < -0.3 is 0 Å². The minimum atomic E-state index is 0.370. The average Bonchev–Trinajstić information content (AvgIpc) is 2.45. The molecule has 0 aliphatic heterocycles. The van der Waals surface area contributed by atoms with E-state index >= 15 is 0 Å². The molecule has 0 aromatic heterocycles. The van der Waals surface area contributed by atoms with E-state index in [1.54, 1.807) is 0 Å². The van der Waals surface area contributed by atoms with Crippen LogP contribution in [0.25, 0.3) is 0 Å². The molecular weight excluding hydrogens is 184 g/mol. The average molecular weight is 199 g/mol. The first kappa shape index (κ1) is 9.26. The molecule has 0 spiro atoms. The molecule has 2 aliphatic rings. The maximum Gasteiger partial charge on any atom is 0.147 e. The quantitative estimate of drug-likeness (QED) is 0.591. The van der Waals surface area contributed by atoms with Crippen LogP contribution in [0.15, 0.2) is 10.6 Å². The molecule has 0 heterocycles. The molecule has 0 radical (unpaired) electrons. The first-order valence-electron chi connectivity index (χ1n) is 4.98. The highest BCUT2D eigenvalue weighted by atomic mass is 35.5. The normalized spacial score (nSPS) is 39.1. The highest BCUT2D eigenvalue weighted by Gasteiger charge is 2.42. The van der Waals surface area contributed by atoms with Crippen molar-refractivity contribution in [3.05, 3.63) is 10.6 Å². The van der Waals surface area contributed by atoms with Gasteiger partial charge in [-0.1, -0.05) is 24.9 Å². The zero-order valence-corrected chi connectivity index (χ0v) is 8.73. The molecule has 0 amide bonds. The molecule has 2 heteroatoms. The summed E-state index contributed by atoms with van der Waals surface area (Å²) < 4.78 is 0. The van der Waals surface area contributed by atoms with Crippen LogP contribution in [0.2, 0.25) is 0 Å². The van der Waals surface area contributed by atoms with Gasteiger partial charge >= 0.3 is 0 Å². The van der Waals surface area contributed by atoms with Crippen LogP contribution >= 0.6 is 11.6 Å². The van der Waals surface area contributed by atoms with E-state index in [-0.39, 0.29) is 0 Å². The first-order valence-corrected chi connectivity index (χ1v) is 5.36. The molecule has 0 aromatic carbocycles. The van der Waals surface area contributed by atoms with Gasteiger partial charge in [0, 0.05) is 10.6 Å². The number of hydrogen-bond donors (Lipinski definition) is 0. The third-order valence-corrected chi connectivity index (χ3v) is 4.19. The van der Waals surface area contributed by atoms with Crippen LogP contribution in [0.1, 0.15) is 39.0 Å². The summed E-state index contributed by atoms with van der Waals surface area (Å²) in [6.45, 7) is 2.30. The third kappa shape index (κ3) is 1.43. The van der Waals surface area contributed by atoms with E-state index in [9.17, 15) is 4.79 Å². The summed E-state index contributed by atoms with van der Waals surface area (Å²) in [6, 6.07) is 0. The van der Waals surface area contributed by atoms with E-state index in [1.165, 1.54) is 19.3 Å². The van der Waals surface area contributed by atoms with Gasteiger partial charge in [-0.05, 0) is 37.0 Å². The number of rotatable bonds is 1. The van der Waals surface area contributed by atoms with Gasteiger partial charge in [-0.3, -0.25) is 4.79 Å². The summed E-state index contributed by atoms with van der Waals surface area (Å²) in [4.78, 5) is 10.8. The summed E-state index contributed by atoms with van der Waals surface area (Å²) in [5, 5.41) is 0.819. The van der Waals surface area contributed by atoms with Gasteiger partial charge in [0.05, 0.1) is 0 Å². The van der Waals surface area contributed by atoms with Crippen LogP contribution in [-0.2, 0) is 4.79 Å². The second-order valence-corrected chi connectivity index (χ2v) is 5.13. The van der Waals surface area contributed by atoms with E-state index in [2.05, 4.69) is 6.92 Å². The predicted molar refractivity (Wildman–Crippen MR) is 53.6 cm³/mol. The zero-order chi connectivity index (χ0) is 9.47. The maximum atomic E-state index is 10.8. The van der Waals surface area contributed by atoms with E-state index in [0.717, 1.165) is 35.7 Å². The number of allylic oxidation sites excluding steroid dienone is 2. The zero-order valence-electron chi connectivity index (χ0n) is 7.98. The smallest absolute Gasteiger partial charge is 0.147 e. The fraction of sp³-hybridized carbons (Fsp3) is 0.727. The molecule has 1 saturated carbocycles. The van der Waals surface area contributed by atoms with Crippen LogP contribution in [-0.4, -0.2) is 6.29 Å². The van der Waals surface area contributed by atoms with E-state index in [0.29, 0.717) is 5.41 Å². The van der Waals surface area contributed by atoms with Crippen LogP contribution in [0.5, 0.6) is 0 Å². The molecule has 1 nitrogen and oxygen atoms in total. The fourth-order valence-corrected chi connectivity index (χ4v) is 3.17. The Morgan fingerprint density at radius 1 is 1.62 bits per heavy atom. The van der Waals surface area contributed by atoms with Crippen LogP contribution in [0.3, 0.4) is 0 Å². The largest absolute Gasteiger partial charge is 0.298 e. The first-order chi connectivity index (χ1) is 6.15. The molecule has 0 aromatic rings. The summed E-state index contributed by atoms with van der Waals surface area (Å²) in [6.07, 6.45) is 6.64. The van der Waals surface area contributed by atoms with Crippen molar-refractivity contribution in [3.8, 4) is 0 Å². The van der Waals surface area contributed by atoms with Gasteiger partial charge in [0.1, 0.15) is 6.29 Å². The molecule has 0 unspecified atom stereocenters. The van der Waals surface area contributed by atoms with Gasteiger partial charge in [-0.15, -0.1) is 0 Å². The van der Waals surface area contributed by atoms with E-state index < -0.39 is 0 Å². The summed E-state index contributed by atoms with van der Waals surface area (Å²) >= 11 is 6.06.